The molecule has 4 atom stereocenters. The molecule has 418 valence electrons. The number of anilines is 2. The van der Waals surface area contributed by atoms with Crippen molar-refractivity contribution in [2.45, 2.75) is 149 Å². The molecule has 1 saturated heterocycles. The van der Waals surface area contributed by atoms with E-state index in [1.807, 2.05) is 87.0 Å². The summed E-state index contributed by atoms with van der Waals surface area (Å²) in [5, 5.41) is 18.5. The summed E-state index contributed by atoms with van der Waals surface area (Å²) < 4.78 is 43.8. The SMILES string of the molecule is Cc1ncsc1-c1ccc(C(C)NC(=O)[C@@H]2C[C@@H](NC(=O)CCCCN=[N+]=[N-])CN2C(=O)C(NC(=O)CCCCCCCCCCNCCCONC(=O)c2ccc(F)c(F)c2Nc2ccc(I)cc2F)C(C)(C)C)cc1. The van der Waals surface area contributed by atoms with Crippen LogP contribution in [0.5, 0.6) is 0 Å². The number of hydroxylamine groups is 1. The number of hydrogen-bond acceptors (Lipinski definition) is 11. The number of likely N-dealkylation sites (tertiary alicyclic amines) is 1. The number of rotatable bonds is 31. The average Bonchev–Trinajstić information content (AvgIpc) is 4.04. The van der Waals surface area contributed by atoms with Crippen molar-refractivity contribution >= 4 is 74.8 Å². The molecule has 6 N–H and O–H groups in total. The van der Waals surface area contributed by atoms with Gasteiger partial charge in [0.1, 0.15) is 17.9 Å². The predicted molar refractivity (Wildman–Crippen MR) is 301 cm³/mol. The molecule has 0 saturated carbocycles. The minimum absolute atomic E-state index is 0.102. The smallest absolute Gasteiger partial charge is 0.277 e. The Bertz CT molecular complexity index is 2650. The topological polar surface area (TPSA) is 232 Å². The second-order valence-electron chi connectivity index (χ2n) is 20.4. The van der Waals surface area contributed by atoms with Crippen molar-refractivity contribution in [3.8, 4) is 10.4 Å². The number of carbonyl (C=O) groups excluding carboxylic acids is 5. The molecule has 1 aliphatic rings. The van der Waals surface area contributed by atoms with Crippen LogP contribution >= 0.6 is 33.9 Å². The van der Waals surface area contributed by atoms with Crippen LogP contribution in [-0.2, 0) is 24.0 Å². The highest BCUT2D eigenvalue weighted by molar-refractivity contribution is 14.1. The normalized spacial score (nSPS) is 15.1. The first-order chi connectivity index (χ1) is 36.9. The number of azide groups is 1. The second kappa shape index (κ2) is 31.6. The molecule has 2 heterocycles. The van der Waals surface area contributed by atoms with Crippen molar-refractivity contribution in [2.24, 2.45) is 10.5 Å². The molecule has 0 bridgehead atoms. The highest BCUT2D eigenvalue weighted by Gasteiger charge is 2.45. The number of hydrogen-bond donors (Lipinski definition) is 6. The van der Waals surface area contributed by atoms with Crippen LogP contribution in [0.2, 0.25) is 0 Å². The summed E-state index contributed by atoms with van der Waals surface area (Å²) in [6.07, 6.45) is 10.0. The molecule has 0 aliphatic carbocycles. The van der Waals surface area contributed by atoms with Crippen LogP contribution in [0.15, 0.2) is 65.2 Å². The fourth-order valence-electron chi connectivity index (χ4n) is 8.94. The maximum Gasteiger partial charge on any atom is 0.277 e. The lowest BCUT2D eigenvalue weighted by atomic mass is 9.85. The summed E-state index contributed by atoms with van der Waals surface area (Å²) in [5.74, 6) is -5.21. The van der Waals surface area contributed by atoms with Gasteiger partial charge in [-0.1, -0.05) is 88.7 Å². The van der Waals surface area contributed by atoms with Crippen molar-refractivity contribution < 1.29 is 42.0 Å². The van der Waals surface area contributed by atoms with Crippen LogP contribution in [0.25, 0.3) is 20.9 Å². The molecule has 2 unspecified atom stereocenters. The molecule has 77 heavy (non-hydrogen) atoms. The van der Waals surface area contributed by atoms with Gasteiger partial charge in [0, 0.05) is 40.5 Å². The Morgan fingerprint density at radius 2 is 1.55 bits per heavy atom. The van der Waals surface area contributed by atoms with E-state index in [2.05, 4.69) is 47.1 Å². The number of benzene rings is 3. The lowest BCUT2D eigenvalue weighted by Crippen LogP contribution is -2.58. The summed E-state index contributed by atoms with van der Waals surface area (Å²) in [5.41, 5.74) is 13.9. The highest BCUT2D eigenvalue weighted by atomic mass is 127. The summed E-state index contributed by atoms with van der Waals surface area (Å²) in [7, 11) is 0. The standard InChI is InChI=1S/C55H73F3IN11O6S/c1-35(37-19-21-38(22-20-37)50-36(2)62-34-77-50)64-53(74)45-32-40(65-46(71)18-13-15-29-63-69-60)33-70(45)54(75)51(55(3,4)5)67-47(72)17-12-10-8-6-7-9-11-14-27-61-28-16-30-76-68-52(73)41-24-25-42(56)48(58)49(41)66-44-26-23-39(59)31-43(44)57/h19-26,31,34-35,40,45,51,61,66H,6-18,27-30,32-33H2,1-5H3,(H,64,74)(H,65,71)(H,67,72)(H,68,73)/t35?,40-,45+,51?/m1/s1. The van der Waals surface area contributed by atoms with Gasteiger partial charge >= 0.3 is 0 Å². The summed E-state index contributed by atoms with van der Waals surface area (Å²) in [4.78, 5) is 82.9. The van der Waals surface area contributed by atoms with Gasteiger partial charge in [-0.25, -0.2) is 23.6 Å². The van der Waals surface area contributed by atoms with E-state index in [1.165, 1.54) is 17.0 Å². The van der Waals surface area contributed by atoms with Crippen molar-refractivity contribution in [3.05, 3.63) is 108 Å². The Labute approximate surface area is 467 Å². The molecule has 3 aromatic carbocycles. The zero-order valence-corrected chi connectivity index (χ0v) is 47.6. The molecule has 1 aromatic heterocycles. The van der Waals surface area contributed by atoms with Gasteiger partial charge in [0.2, 0.25) is 23.6 Å². The third-order valence-electron chi connectivity index (χ3n) is 13.2. The van der Waals surface area contributed by atoms with Crippen LogP contribution in [0.4, 0.5) is 24.5 Å². The van der Waals surface area contributed by atoms with Crippen molar-refractivity contribution in [1.82, 2.24) is 36.6 Å². The first-order valence-electron chi connectivity index (χ1n) is 26.4. The van der Waals surface area contributed by atoms with Crippen LogP contribution in [0, 0.1) is 33.4 Å². The fraction of sp³-hybridized carbons (Fsp3) is 0.527. The van der Waals surface area contributed by atoms with Crippen LogP contribution in [-0.4, -0.2) is 90.3 Å². The summed E-state index contributed by atoms with van der Waals surface area (Å²) in [6, 6.07) is 11.3. The molecule has 17 nitrogen and oxygen atoms in total. The maximum atomic E-state index is 14.7. The third kappa shape index (κ3) is 19.9. The van der Waals surface area contributed by atoms with Gasteiger partial charge < -0.3 is 31.5 Å². The average molecular weight is 1200 g/mol. The van der Waals surface area contributed by atoms with E-state index >= 15 is 0 Å². The van der Waals surface area contributed by atoms with Crippen molar-refractivity contribution in [2.75, 3.05) is 38.1 Å². The Morgan fingerprint density at radius 3 is 2.22 bits per heavy atom. The number of amides is 5. The zero-order valence-electron chi connectivity index (χ0n) is 44.6. The lowest BCUT2D eigenvalue weighted by molar-refractivity contribution is -0.144. The van der Waals surface area contributed by atoms with E-state index in [9.17, 15) is 37.1 Å². The van der Waals surface area contributed by atoms with Gasteiger partial charge in [-0.3, -0.25) is 28.8 Å². The predicted octanol–water partition coefficient (Wildman–Crippen LogP) is 11.0. The van der Waals surface area contributed by atoms with Gasteiger partial charge in [-0.15, -0.1) is 11.3 Å². The van der Waals surface area contributed by atoms with Crippen molar-refractivity contribution in [3.63, 3.8) is 0 Å². The van der Waals surface area contributed by atoms with Gasteiger partial charge in [0.15, 0.2) is 11.6 Å². The molecule has 0 spiro atoms. The Hall–Kier alpha value is -5.81. The van der Waals surface area contributed by atoms with Crippen LogP contribution in [0.1, 0.15) is 145 Å². The van der Waals surface area contributed by atoms with Gasteiger partial charge in [0.25, 0.3) is 5.91 Å². The molecule has 4 aromatic rings. The number of aromatic nitrogens is 1. The first-order valence-corrected chi connectivity index (χ1v) is 28.4. The van der Waals surface area contributed by atoms with E-state index in [0.717, 1.165) is 85.3 Å². The zero-order chi connectivity index (χ0) is 55.9. The van der Waals surface area contributed by atoms with Crippen LogP contribution in [0.3, 0.4) is 0 Å². The maximum absolute atomic E-state index is 14.7. The third-order valence-corrected chi connectivity index (χ3v) is 14.9. The van der Waals surface area contributed by atoms with E-state index < -0.39 is 52.6 Å². The fourth-order valence-corrected chi connectivity index (χ4v) is 10.2. The van der Waals surface area contributed by atoms with E-state index in [4.69, 9.17) is 10.4 Å². The Balaban J connectivity index is 0.985. The molecule has 5 rings (SSSR count). The molecule has 1 fully saturated rings. The molecule has 5 amide bonds. The minimum atomic E-state index is -1.32. The van der Waals surface area contributed by atoms with Crippen molar-refractivity contribution in [1.29, 1.82) is 0 Å². The van der Waals surface area contributed by atoms with E-state index in [0.29, 0.717) is 42.3 Å². The second-order valence-corrected chi connectivity index (χ2v) is 22.5. The van der Waals surface area contributed by atoms with E-state index in [1.54, 1.807) is 17.4 Å². The van der Waals surface area contributed by atoms with Crippen LogP contribution < -0.4 is 32.1 Å². The largest absolute Gasteiger partial charge is 0.351 e. The highest BCUT2D eigenvalue weighted by Crippen LogP contribution is 2.31. The Kier molecular flexibility index (Phi) is 25.4. The Morgan fingerprint density at radius 1 is 0.870 bits per heavy atom. The summed E-state index contributed by atoms with van der Waals surface area (Å²) in [6.45, 7) is 11.5. The summed E-state index contributed by atoms with van der Waals surface area (Å²) >= 11 is 3.48. The quantitative estimate of drug-likeness (QED) is 0.00702. The molecule has 22 heteroatoms. The number of carbonyl (C=O) groups is 5. The van der Waals surface area contributed by atoms with Gasteiger partial charge in [-0.05, 0) is 140 Å². The van der Waals surface area contributed by atoms with E-state index in [-0.39, 0.29) is 73.3 Å². The number of unbranched alkanes of at least 4 members (excludes halogenated alkanes) is 8. The monoisotopic (exact) mass is 1200 g/mol. The number of nitrogens with one attached hydrogen (secondary N) is 6. The van der Waals surface area contributed by atoms with Gasteiger partial charge in [0.05, 0.1) is 45.7 Å². The minimum Gasteiger partial charge on any atom is -0.351 e. The number of halogens is 4. The number of thiazole rings is 1. The van der Waals surface area contributed by atoms with Gasteiger partial charge in [-0.2, -0.15) is 0 Å². The number of aryl methyl sites for hydroxylation is 1. The lowest BCUT2D eigenvalue weighted by Gasteiger charge is -2.35. The molecular formula is C55H73F3IN11O6S. The number of nitrogens with zero attached hydrogens (tertiary/aromatic N) is 5. The molecular weight excluding hydrogens is 1130 g/mol. The first kappa shape index (κ1) is 62.0. The molecule has 1 aliphatic heterocycles. The molecule has 0 radical (unpaired) electrons.